The summed E-state index contributed by atoms with van der Waals surface area (Å²) in [6, 6.07) is 11.5. The van der Waals surface area contributed by atoms with Gasteiger partial charge in [-0.1, -0.05) is 52.0 Å². The second-order valence-corrected chi connectivity index (χ2v) is 11.1. The predicted molar refractivity (Wildman–Crippen MR) is 129 cm³/mol. The third kappa shape index (κ3) is 4.28. The van der Waals surface area contributed by atoms with E-state index < -0.39 is 0 Å². The summed E-state index contributed by atoms with van der Waals surface area (Å²) in [4.78, 5) is 15.2. The second kappa shape index (κ2) is 8.43. The van der Waals surface area contributed by atoms with Crippen molar-refractivity contribution < 1.29 is 13.9 Å². The third-order valence-corrected chi connectivity index (χ3v) is 7.95. The van der Waals surface area contributed by atoms with E-state index in [4.69, 9.17) is 4.74 Å². The second-order valence-electron chi connectivity index (χ2n) is 11.1. The molecule has 2 aromatic carbocycles. The van der Waals surface area contributed by atoms with Gasteiger partial charge in [0.1, 0.15) is 11.9 Å². The quantitative estimate of drug-likeness (QED) is 0.616. The normalized spacial score (nSPS) is 27.5. The molecule has 2 aromatic rings. The summed E-state index contributed by atoms with van der Waals surface area (Å²) >= 11 is 0. The van der Waals surface area contributed by atoms with Gasteiger partial charge in [-0.2, -0.15) is 0 Å². The minimum Gasteiger partial charge on any atom is -0.445 e. The number of carbonyl (C=O) groups is 1. The molecule has 4 aliphatic rings. The van der Waals surface area contributed by atoms with Crippen LogP contribution in [0.3, 0.4) is 0 Å². The Hall–Kier alpha value is -2.40. The minimum atomic E-state index is -0.381. The largest absolute Gasteiger partial charge is 0.445 e. The number of ether oxygens (including phenoxy) is 1. The molecular formula is C28H35FN2O2. The van der Waals surface area contributed by atoms with E-state index >= 15 is 4.39 Å². The van der Waals surface area contributed by atoms with Crippen LogP contribution in [0.25, 0.3) is 11.1 Å². The molecular weight excluding hydrogens is 415 g/mol. The van der Waals surface area contributed by atoms with Crippen LogP contribution in [-0.4, -0.2) is 36.7 Å². The molecule has 3 aliphatic heterocycles. The number of rotatable bonds is 4. The van der Waals surface area contributed by atoms with Gasteiger partial charge in [-0.05, 0) is 84.0 Å². The van der Waals surface area contributed by atoms with E-state index in [9.17, 15) is 4.79 Å². The SMILES string of the molecule is CC(C)c1cccc(-c2cc3c(cc2F)C(NC(=O)O[C@@H]2CN4CCC2CC4)C(C)(C)C3)c1. The predicted octanol–water partition coefficient (Wildman–Crippen LogP) is 6.06. The standard InChI is InChI=1S/C28H35FN2O2/c1-17(2)19-6-5-7-20(12-19)22-13-21-15-28(3,4)26(23(21)14-24(22)29)30-27(32)33-25-16-31-10-8-18(25)9-11-31/h5-7,12-14,17-18,25-26H,8-11,15-16H2,1-4H3,(H,30,32)/t25-,26?/m1/s1. The Bertz CT molecular complexity index is 1060. The first-order chi connectivity index (χ1) is 15.7. The molecule has 0 saturated carbocycles. The summed E-state index contributed by atoms with van der Waals surface area (Å²) in [6.07, 6.45) is 2.56. The fourth-order valence-corrected chi connectivity index (χ4v) is 5.96. The van der Waals surface area contributed by atoms with Gasteiger partial charge >= 0.3 is 6.09 Å². The third-order valence-electron chi connectivity index (χ3n) is 7.95. The number of fused-ring (bicyclic) bond motifs is 4. The number of alkyl carbamates (subject to hydrolysis) is 1. The summed E-state index contributed by atoms with van der Waals surface area (Å²) in [5.41, 5.74) is 4.47. The molecule has 3 heterocycles. The van der Waals surface area contributed by atoms with Gasteiger partial charge in [-0.15, -0.1) is 0 Å². The van der Waals surface area contributed by atoms with Gasteiger partial charge in [0.25, 0.3) is 0 Å². The van der Waals surface area contributed by atoms with E-state index in [1.807, 2.05) is 18.2 Å². The minimum absolute atomic E-state index is 0.0381. The summed E-state index contributed by atoms with van der Waals surface area (Å²) in [6.45, 7) is 11.6. The Balaban J connectivity index is 1.37. The lowest BCUT2D eigenvalue weighted by Gasteiger charge is -2.44. The zero-order chi connectivity index (χ0) is 23.3. The molecule has 0 aromatic heterocycles. The van der Waals surface area contributed by atoms with Crippen LogP contribution in [0.2, 0.25) is 0 Å². The zero-order valence-electron chi connectivity index (χ0n) is 20.2. The highest BCUT2D eigenvalue weighted by Gasteiger charge is 2.42. The average molecular weight is 451 g/mol. The average Bonchev–Trinajstić information content (AvgIpc) is 3.03. The number of piperidine rings is 3. The molecule has 0 radical (unpaired) electrons. The molecule has 1 aliphatic carbocycles. The van der Waals surface area contributed by atoms with Crippen LogP contribution in [0.1, 0.15) is 69.2 Å². The highest BCUT2D eigenvalue weighted by atomic mass is 19.1. The molecule has 2 bridgehead atoms. The van der Waals surface area contributed by atoms with Gasteiger partial charge in [0.2, 0.25) is 0 Å². The van der Waals surface area contributed by atoms with E-state index in [0.717, 1.165) is 55.6 Å². The van der Waals surface area contributed by atoms with E-state index in [1.54, 1.807) is 6.07 Å². The maximum absolute atomic E-state index is 15.4. The van der Waals surface area contributed by atoms with Gasteiger partial charge in [-0.25, -0.2) is 9.18 Å². The summed E-state index contributed by atoms with van der Waals surface area (Å²) in [5, 5.41) is 3.10. The maximum atomic E-state index is 15.4. The van der Waals surface area contributed by atoms with Crippen LogP contribution in [-0.2, 0) is 11.2 Å². The topological polar surface area (TPSA) is 41.6 Å². The van der Waals surface area contributed by atoms with Crippen molar-refractivity contribution in [1.29, 1.82) is 0 Å². The van der Waals surface area contributed by atoms with Crippen LogP contribution in [0.4, 0.5) is 9.18 Å². The van der Waals surface area contributed by atoms with Crippen molar-refractivity contribution in [3.8, 4) is 11.1 Å². The molecule has 4 nitrogen and oxygen atoms in total. The molecule has 3 fully saturated rings. The Labute approximate surface area is 196 Å². The molecule has 3 saturated heterocycles. The molecule has 1 N–H and O–H groups in total. The van der Waals surface area contributed by atoms with E-state index in [-0.39, 0.29) is 29.5 Å². The summed E-state index contributed by atoms with van der Waals surface area (Å²) in [5.74, 6) is 0.605. The number of nitrogens with zero attached hydrogens (tertiary/aromatic N) is 1. The zero-order valence-corrected chi connectivity index (χ0v) is 20.2. The fourth-order valence-electron chi connectivity index (χ4n) is 5.96. The molecule has 33 heavy (non-hydrogen) atoms. The monoisotopic (exact) mass is 450 g/mol. The van der Waals surface area contributed by atoms with Gasteiger partial charge in [-0.3, -0.25) is 4.90 Å². The lowest BCUT2D eigenvalue weighted by atomic mass is 9.85. The highest BCUT2D eigenvalue weighted by Crippen LogP contribution is 2.47. The molecule has 5 heteroatoms. The highest BCUT2D eigenvalue weighted by molar-refractivity contribution is 5.71. The number of halogens is 1. The first kappa shape index (κ1) is 22.4. The number of hydrogen-bond acceptors (Lipinski definition) is 3. The molecule has 6 rings (SSSR count). The Kier molecular flexibility index (Phi) is 5.72. The molecule has 2 atom stereocenters. The van der Waals surface area contributed by atoms with Crippen LogP contribution in [0.5, 0.6) is 0 Å². The molecule has 0 spiro atoms. The van der Waals surface area contributed by atoms with Crippen molar-refractivity contribution in [2.45, 2.75) is 65.0 Å². The van der Waals surface area contributed by atoms with Crippen molar-refractivity contribution >= 4 is 6.09 Å². The van der Waals surface area contributed by atoms with Crippen LogP contribution < -0.4 is 5.32 Å². The van der Waals surface area contributed by atoms with Gasteiger partial charge in [0.05, 0.1) is 6.04 Å². The summed E-state index contributed by atoms with van der Waals surface area (Å²) in [7, 11) is 0. The van der Waals surface area contributed by atoms with Crippen LogP contribution in [0.15, 0.2) is 36.4 Å². The van der Waals surface area contributed by atoms with E-state index in [1.165, 1.54) is 5.56 Å². The lowest BCUT2D eigenvalue weighted by molar-refractivity contribution is -0.0349. The Morgan fingerprint density at radius 3 is 2.61 bits per heavy atom. The van der Waals surface area contributed by atoms with E-state index in [0.29, 0.717) is 17.4 Å². The maximum Gasteiger partial charge on any atom is 0.407 e. The van der Waals surface area contributed by atoms with Gasteiger partial charge in [0.15, 0.2) is 0 Å². The van der Waals surface area contributed by atoms with Crippen molar-refractivity contribution in [3.05, 3.63) is 58.9 Å². The van der Waals surface area contributed by atoms with Crippen molar-refractivity contribution in [1.82, 2.24) is 10.2 Å². The first-order valence-corrected chi connectivity index (χ1v) is 12.3. The molecule has 1 amide bonds. The summed E-state index contributed by atoms with van der Waals surface area (Å²) < 4.78 is 21.2. The van der Waals surface area contributed by atoms with Gasteiger partial charge < -0.3 is 10.1 Å². The number of benzene rings is 2. The molecule has 176 valence electrons. The first-order valence-electron chi connectivity index (χ1n) is 12.3. The number of carbonyl (C=O) groups excluding carboxylic acids is 1. The van der Waals surface area contributed by atoms with Gasteiger partial charge in [0, 0.05) is 12.1 Å². The Morgan fingerprint density at radius 2 is 1.94 bits per heavy atom. The van der Waals surface area contributed by atoms with Crippen LogP contribution >= 0.6 is 0 Å². The van der Waals surface area contributed by atoms with E-state index in [2.05, 4.69) is 50.0 Å². The van der Waals surface area contributed by atoms with Crippen LogP contribution in [0, 0.1) is 17.2 Å². The number of hydrogen-bond donors (Lipinski definition) is 1. The smallest absolute Gasteiger partial charge is 0.407 e. The van der Waals surface area contributed by atoms with Crippen molar-refractivity contribution in [2.75, 3.05) is 19.6 Å². The molecule has 1 unspecified atom stereocenters. The van der Waals surface area contributed by atoms with Crippen molar-refractivity contribution in [2.24, 2.45) is 11.3 Å². The van der Waals surface area contributed by atoms with Crippen molar-refractivity contribution in [3.63, 3.8) is 0 Å². The fraction of sp³-hybridized carbons (Fsp3) is 0.536. The Morgan fingerprint density at radius 1 is 1.18 bits per heavy atom. The number of amides is 1. The lowest BCUT2D eigenvalue weighted by Crippen LogP contribution is -2.53. The number of nitrogens with one attached hydrogen (secondary N) is 1.